The third-order valence-corrected chi connectivity index (χ3v) is 8.02. The zero-order chi connectivity index (χ0) is 33.7. The number of aromatic nitrogens is 1. The van der Waals surface area contributed by atoms with Gasteiger partial charge in [0.15, 0.2) is 0 Å². The molecular formula is C36H34N4O7. The summed E-state index contributed by atoms with van der Waals surface area (Å²) in [7, 11) is 1.25. The lowest BCUT2D eigenvalue weighted by Gasteiger charge is -2.17. The van der Waals surface area contributed by atoms with Gasteiger partial charge >= 0.3 is 11.9 Å². The lowest BCUT2D eigenvalue weighted by molar-refractivity contribution is -0.143. The van der Waals surface area contributed by atoms with Crippen molar-refractivity contribution in [2.24, 2.45) is 0 Å². The molecule has 2 heterocycles. The smallest absolute Gasteiger partial charge is 0.328 e. The molecule has 0 fully saturated rings. The summed E-state index contributed by atoms with van der Waals surface area (Å²) < 4.78 is 4.91. The Kier molecular flexibility index (Phi) is 9.65. The monoisotopic (exact) mass is 634 g/mol. The third kappa shape index (κ3) is 7.30. The van der Waals surface area contributed by atoms with Gasteiger partial charge in [0.05, 0.1) is 18.2 Å². The number of nitrogens with one attached hydrogen (secondary N) is 4. The van der Waals surface area contributed by atoms with Gasteiger partial charge in [-0.2, -0.15) is 0 Å². The molecule has 3 aromatic carbocycles. The molecular weight excluding hydrogens is 600 g/mol. The van der Waals surface area contributed by atoms with E-state index in [1.165, 1.54) is 7.11 Å². The number of fused-ring (bicyclic) bond motifs is 1. The fraction of sp³-hybridized carbons (Fsp3) is 0.194. The Hall–Kier alpha value is -5.97. The van der Waals surface area contributed by atoms with E-state index in [0.717, 1.165) is 11.1 Å². The van der Waals surface area contributed by atoms with E-state index in [0.29, 0.717) is 28.2 Å². The van der Waals surface area contributed by atoms with E-state index < -0.39 is 41.7 Å². The van der Waals surface area contributed by atoms with Crippen molar-refractivity contribution < 1.29 is 33.8 Å². The fourth-order valence-corrected chi connectivity index (χ4v) is 5.58. The quantitative estimate of drug-likeness (QED) is 0.123. The number of carboxylic acid groups (broad SMARTS) is 1. The molecule has 0 aliphatic carbocycles. The van der Waals surface area contributed by atoms with Crippen molar-refractivity contribution in [2.75, 3.05) is 12.4 Å². The first-order valence-electron chi connectivity index (χ1n) is 14.9. The van der Waals surface area contributed by atoms with Gasteiger partial charge < -0.3 is 30.8 Å². The van der Waals surface area contributed by atoms with Gasteiger partial charge in [0.2, 0.25) is 0 Å². The molecule has 1 aliphatic heterocycles. The Balaban J connectivity index is 1.38. The Bertz CT molecular complexity index is 1880. The Labute approximate surface area is 271 Å². The van der Waals surface area contributed by atoms with Crippen LogP contribution in [-0.2, 0) is 32.0 Å². The highest BCUT2D eigenvalue weighted by molar-refractivity contribution is 6.35. The minimum absolute atomic E-state index is 0.112. The van der Waals surface area contributed by atoms with Crippen LogP contribution in [0.4, 0.5) is 5.69 Å². The standard InChI is InChI=1S/C36H34N4O7/c1-20-28(37-21(2)31(20)34(43)39-29(35(44)45)16-22-10-6-4-7-11-22)19-26-25-18-24(14-15-27(25)38-33(26)42)32(41)40-30(36(46)47-3)17-23-12-8-5-9-13-23/h4-15,18-19,29-30,37H,16-17H2,1-3H3,(H,38,42)(H,39,43)(H,40,41)(H,44,45)/t29-,30+/m1/s1. The summed E-state index contributed by atoms with van der Waals surface area (Å²) in [6.07, 6.45) is 1.93. The number of carboxylic acids is 1. The number of methoxy groups -OCH3 is 1. The van der Waals surface area contributed by atoms with E-state index >= 15 is 0 Å². The van der Waals surface area contributed by atoms with E-state index in [1.807, 2.05) is 36.4 Å². The number of carbonyl (C=O) groups is 5. The molecule has 3 amide bonds. The maximum absolute atomic E-state index is 13.3. The molecule has 0 spiro atoms. The number of anilines is 1. The van der Waals surface area contributed by atoms with Crippen LogP contribution in [0.1, 0.15) is 54.4 Å². The summed E-state index contributed by atoms with van der Waals surface area (Å²) in [5.41, 5.74) is 4.82. The van der Waals surface area contributed by atoms with Gasteiger partial charge in [0, 0.05) is 41.0 Å². The van der Waals surface area contributed by atoms with Crippen molar-refractivity contribution in [3.05, 3.63) is 124 Å². The average molecular weight is 635 g/mol. The van der Waals surface area contributed by atoms with Gasteiger partial charge in [0.25, 0.3) is 17.7 Å². The minimum atomic E-state index is -1.16. The zero-order valence-corrected chi connectivity index (χ0v) is 26.0. The van der Waals surface area contributed by atoms with Crippen LogP contribution in [0.2, 0.25) is 0 Å². The summed E-state index contributed by atoms with van der Waals surface area (Å²) in [6, 6.07) is 20.9. The summed E-state index contributed by atoms with van der Waals surface area (Å²) in [5.74, 6) is -3.23. The van der Waals surface area contributed by atoms with E-state index in [9.17, 15) is 29.1 Å². The van der Waals surface area contributed by atoms with Gasteiger partial charge in [-0.1, -0.05) is 60.7 Å². The maximum atomic E-state index is 13.3. The van der Waals surface area contributed by atoms with Crippen LogP contribution in [-0.4, -0.2) is 58.9 Å². The number of hydrogen-bond acceptors (Lipinski definition) is 6. The molecule has 0 radical (unpaired) electrons. The molecule has 0 bridgehead atoms. The van der Waals surface area contributed by atoms with Crippen LogP contribution in [0.25, 0.3) is 11.6 Å². The van der Waals surface area contributed by atoms with E-state index in [2.05, 4.69) is 20.9 Å². The van der Waals surface area contributed by atoms with Crippen LogP contribution in [0, 0.1) is 13.8 Å². The molecule has 47 heavy (non-hydrogen) atoms. The predicted molar refractivity (Wildman–Crippen MR) is 176 cm³/mol. The molecule has 1 aromatic heterocycles. The molecule has 0 saturated carbocycles. The highest BCUT2D eigenvalue weighted by Gasteiger charge is 2.29. The zero-order valence-electron chi connectivity index (χ0n) is 26.0. The second-order valence-corrected chi connectivity index (χ2v) is 11.2. The maximum Gasteiger partial charge on any atom is 0.328 e. The number of aliphatic carboxylic acids is 1. The van der Waals surface area contributed by atoms with Gasteiger partial charge in [-0.3, -0.25) is 14.4 Å². The Morgan fingerprint density at radius 2 is 1.45 bits per heavy atom. The van der Waals surface area contributed by atoms with Gasteiger partial charge in [-0.05, 0) is 54.8 Å². The van der Waals surface area contributed by atoms with Crippen molar-refractivity contribution in [3.63, 3.8) is 0 Å². The number of hydrogen-bond donors (Lipinski definition) is 5. The van der Waals surface area contributed by atoms with Crippen molar-refractivity contribution in [1.29, 1.82) is 0 Å². The average Bonchev–Trinajstić information content (AvgIpc) is 3.53. The minimum Gasteiger partial charge on any atom is -0.480 e. The number of rotatable bonds is 11. The van der Waals surface area contributed by atoms with Crippen LogP contribution in [0.15, 0.2) is 78.9 Å². The van der Waals surface area contributed by atoms with Crippen molar-refractivity contribution in [2.45, 2.75) is 38.8 Å². The summed E-state index contributed by atoms with van der Waals surface area (Å²) in [4.78, 5) is 67.3. The molecule has 5 N–H and O–H groups in total. The van der Waals surface area contributed by atoms with E-state index in [-0.39, 0.29) is 29.5 Å². The number of amides is 3. The second kappa shape index (κ2) is 14.0. The fourth-order valence-electron chi connectivity index (χ4n) is 5.58. The topological polar surface area (TPSA) is 167 Å². The van der Waals surface area contributed by atoms with Crippen LogP contribution in [0.3, 0.4) is 0 Å². The molecule has 0 unspecified atom stereocenters. The van der Waals surface area contributed by atoms with Gasteiger partial charge in [-0.25, -0.2) is 9.59 Å². The Morgan fingerprint density at radius 1 is 0.851 bits per heavy atom. The van der Waals surface area contributed by atoms with Crippen LogP contribution in [0.5, 0.6) is 0 Å². The van der Waals surface area contributed by atoms with E-state index in [4.69, 9.17) is 4.74 Å². The number of carbonyl (C=O) groups excluding carboxylic acids is 4. The number of ether oxygens (including phenoxy) is 1. The number of aromatic amines is 1. The first kappa shape index (κ1) is 32.4. The first-order chi connectivity index (χ1) is 22.5. The number of aryl methyl sites for hydroxylation is 1. The second-order valence-electron chi connectivity index (χ2n) is 11.2. The normalized spacial score (nSPS) is 14.1. The lowest BCUT2D eigenvalue weighted by atomic mass is 10.0. The summed E-state index contributed by atoms with van der Waals surface area (Å²) >= 11 is 0. The molecule has 11 heteroatoms. The SMILES string of the molecule is COC(=O)[C@H](Cc1ccccc1)NC(=O)c1ccc2c(c1)C(=Cc1[nH]c(C)c(C(=O)N[C@H](Cc3ccccc3)C(=O)O)c1C)C(=O)N2. The molecule has 240 valence electrons. The molecule has 0 saturated heterocycles. The molecule has 11 nitrogen and oxygen atoms in total. The molecule has 4 aromatic rings. The van der Waals surface area contributed by atoms with Crippen LogP contribution >= 0.6 is 0 Å². The summed E-state index contributed by atoms with van der Waals surface area (Å²) in [5, 5.41) is 17.9. The van der Waals surface area contributed by atoms with E-state index in [1.54, 1.807) is 62.4 Å². The van der Waals surface area contributed by atoms with Crippen molar-refractivity contribution >= 4 is 47.0 Å². The first-order valence-corrected chi connectivity index (χ1v) is 14.9. The summed E-state index contributed by atoms with van der Waals surface area (Å²) in [6.45, 7) is 3.39. The molecule has 2 atom stereocenters. The third-order valence-electron chi connectivity index (χ3n) is 8.02. The number of H-pyrrole nitrogens is 1. The molecule has 5 rings (SSSR count). The number of esters is 1. The Morgan fingerprint density at radius 3 is 2.04 bits per heavy atom. The van der Waals surface area contributed by atoms with Gasteiger partial charge in [-0.15, -0.1) is 0 Å². The van der Waals surface area contributed by atoms with Crippen molar-refractivity contribution in [1.82, 2.24) is 15.6 Å². The van der Waals surface area contributed by atoms with Gasteiger partial charge in [0.1, 0.15) is 12.1 Å². The van der Waals surface area contributed by atoms with Crippen LogP contribution < -0.4 is 16.0 Å². The predicted octanol–water partition coefficient (Wildman–Crippen LogP) is 4.06. The lowest BCUT2D eigenvalue weighted by Crippen LogP contribution is -2.43. The highest BCUT2D eigenvalue weighted by atomic mass is 16.5. The molecule has 1 aliphatic rings. The highest BCUT2D eigenvalue weighted by Crippen LogP contribution is 2.35. The van der Waals surface area contributed by atoms with Crippen molar-refractivity contribution in [3.8, 4) is 0 Å². The number of benzene rings is 3. The largest absolute Gasteiger partial charge is 0.480 e.